The van der Waals surface area contributed by atoms with Crippen molar-refractivity contribution in [2.24, 2.45) is 10.7 Å². The molecule has 0 aromatic heterocycles. The first-order valence-electron chi connectivity index (χ1n) is 7.32. The van der Waals surface area contributed by atoms with Crippen LogP contribution in [0.4, 0.5) is 10.1 Å². The van der Waals surface area contributed by atoms with Gasteiger partial charge in [-0.05, 0) is 36.8 Å². The van der Waals surface area contributed by atoms with Gasteiger partial charge < -0.3 is 15.8 Å². The summed E-state index contributed by atoms with van der Waals surface area (Å²) in [6, 6.07) is 10.4. The van der Waals surface area contributed by atoms with Gasteiger partial charge in [0.05, 0.1) is 0 Å². The van der Waals surface area contributed by atoms with Crippen molar-refractivity contribution in [3.05, 3.63) is 58.4 Å². The topological polar surface area (TPSA) is 59.6 Å². The van der Waals surface area contributed by atoms with Crippen LogP contribution < -0.4 is 15.8 Å². The molecule has 1 heterocycles. The van der Waals surface area contributed by atoms with E-state index in [1.807, 2.05) is 25.1 Å². The largest absolute Gasteiger partial charge is 0.481 e. The highest BCUT2D eigenvalue weighted by Crippen LogP contribution is 2.32. The average Bonchev–Trinajstić information content (AvgIpc) is 2.51. The number of halogens is 2. The molecule has 6 heteroatoms. The number of nitrogens with zero attached hydrogens (tertiary/aromatic N) is 1. The lowest BCUT2D eigenvalue weighted by atomic mass is 10.1. The van der Waals surface area contributed by atoms with Gasteiger partial charge >= 0.3 is 0 Å². The van der Waals surface area contributed by atoms with Gasteiger partial charge in [0.1, 0.15) is 23.1 Å². The number of amidine groups is 1. The van der Waals surface area contributed by atoms with Gasteiger partial charge in [0.2, 0.25) is 0 Å². The lowest BCUT2D eigenvalue weighted by molar-refractivity contribution is 0.281. The first-order chi connectivity index (χ1) is 11.0. The first kappa shape index (κ1) is 15.8. The second-order valence-electron chi connectivity index (χ2n) is 5.40. The third kappa shape index (κ3) is 3.46. The van der Waals surface area contributed by atoms with Crippen LogP contribution in [0.1, 0.15) is 18.1 Å². The average molecular weight is 334 g/mol. The zero-order valence-electron chi connectivity index (χ0n) is 12.6. The van der Waals surface area contributed by atoms with E-state index in [1.165, 1.54) is 6.07 Å². The normalized spacial score (nSPS) is 16.5. The molecule has 0 saturated carbocycles. The lowest BCUT2D eigenvalue weighted by Gasteiger charge is -2.21. The van der Waals surface area contributed by atoms with Gasteiger partial charge in [0, 0.05) is 23.7 Å². The minimum atomic E-state index is -0.310. The molecule has 2 aromatic rings. The summed E-state index contributed by atoms with van der Waals surface area (Å²) in [5.74, 6) is 0.864. The SMILES string of the molecule is CC1Oc2ccc(CNCc3c(F)cccc3Cl)cc2N=C1N. The van der Waals surface area contributed by atoms with Crippen molar-refractivity contribution in [1.82, 2.24) is 5.32 Å². The smallest absolute Gasteiger partial charge is 0.153 e. The summed E-state index contributed by atoms with van der Waals surface area (Å²) in [6.07, 6.45) is -0.213. The number of nitrogens with one attached hydrogen (secondary N) is 1. The predicted molar refractivity (Wildman–Crippen MR) is 89.8 cm³/mol. The molecule has 1 atom stereocenters. The molecule has 3 rings (SSSR count). The van der Waals surface area contributed by atoms with Crippen molar-refractivity contribution in [1.29, 1.82) is 0 Å². The van der Waals surface area contributed by atoms with Crippen molar-refractivity contribution in [2.75, 3.05) is 0 Å². The summed E-state index contributed by atoms with van der Waals surface area (Å²) in [5, 5.41) is 3.60. The molecule has 120 valence electrons. The van der Waals surface area contributed by atoms with Gasteiger partial charge in [-0.2, -0.15) is 0 Å². The zero-order chi connectivity index (χ0) is 16.4. The maximum absolute atomic E-state index is 13.7. The monoisotopic (exact) mass is 333 g/mol. The molecule has 0 bridgehead atoms. The number of rotatable bonds is 4. The maximum Gasteiger partial charge on any atom is 0.153 e. The Hall–Kier alpha value is -2.11. The molecule has 0 spiro atoms. The molecule has 1 aliphatic rings. The second kappa shape index (κ2) is 6.56. The number of aliphatic imine (C=N–C) groups is 1. The molecule has 1 aliphatic heterocycles. The van der Waals surface area contributed by atoms with E-state index >= 15 is 0 Å². The number of nitrogens with two attached hydrogens (primary N) is 1. The van der Waals surface area contributed by atoms with E-state index in [0.717, 1.165) is 5.56 Å². The van der Waals surface area contributed by atoms with Crippen LogP contribution in [0.2, 0.25) is 5.02 Å². The number of hydrogen-bond acceptors (Lipinski definition) is 4. The highest BCUT2D eigenvalue weighted by molar-refractivity contribution is 6.31. The van der Waals surface area contributed by atoms with Crippen molar-refractivity contribution in [3.63, 3.8) is 0 Å². The highest BCUT2D eigenvalue weighted by Gasteiger charge is 2.18. The fraction of sp³-hybridized carbons (Fsp3) is 0.235. The van der Waals surface area contributed by atoms with E-state index in [2.05, 4.69) is 10.3 Å². The first-order valence-corrected chi connectivity index (χ1v) is 7.69. The van der Waals surface area contributed by atoms with Gasteiger partial charge in [-0.25, -0.2) is 9.38 Å². The molecule has 4 nitrogen and oxygen atoms in total. The predicted octanol–water partition coefficient (Wildman–Crippen LogP) is 3.54. The fourth-order valence-corrected chi connectivity index (χ4v) is 2.60. The van der Waals surface area contributed by atoms with Gasteiger partial charge in [-0.1, -0.05) is 23.7 Å². The summed E-state index contributed by atoms with van der Waals surface area (Å²) in [4.78, 5) is 4.34. The van der Waals surface area contributed by atoms with Gasteiger partial charge in [0.25, 0.3) is 0 Å². The van der Waals surface area contributed by atoms with Crippen LogP contribution in [0.3, 0.4) is 0 Å². The Bertz CT molecular complexity index is 743. The third-order valence-corrected chi connectivity index (χ3v) is 4.04. The molecule has 0 amide bonds. The van der Waals surface area contributed by atoms with E-state index in [1.54, 1.807) is 12.1 Å². The van der Waals surface area contributed by atoms with Crippen molar-refractivity contribution >= 4 is 23.1 Å². The molecule has 0 fully saturated rings. The Morgan fingerprint density at radius 2 is 2.13 bits per heavy atom. The van der Waals surface area contributed by atoms with E-state index in [4.69, 9.17) is 22.1 Å². The number of hydrogen-bond donors (Lipinski definition) is 2. The third-order valence-electron chi connectivity index (χ3n) is 3.69. The van der Waals surface area contributed by atoms with Crippen LogP contribution in [-0.2, 0) is 13.1 Å². The van der Waals surface area contributed by atoms with E-state index in [0.29, 0.717) is 40.9 Å². The molecule has 0 aliphatic carbocycles. The van der Waals surface area contributed by atoms with Gasteiger partial charge in [-0.3, -0.25) is 0 Å². The number of benzene rings is 2. The van der Waals surface area contributed by atoms with Crippen LogP contribution in [-0.4, -0.2) is 11.9 Å². The maximum atomic E-state index is 13.7. The van der Waals surface area contributed by atoms with E-state index in [-0.39, 0.29) is 11.9 Å². The van der Waals surface area contributed by atoms with Crippen LogP contribution in [0, 0.1) is 5.82 Å². The van der Waals surface area contributed by atoms with Crippen molar-refractivity contribution in [2.45, 2.75) is 26.1 Å². The lowest BCUT2D eigenvalue weighted by Crippen LogP contribution is -2.33. The summed E-state index contributed by atoms with van der Waals surface area (Å²) in [5.41, 5.74) is 7.99. The standard InChI is InChI=1S/C17H17ClFN3O/c1-10-17(20)22-15-7-11(5-6-16(15)23-10)8-21-9-12-13(18)3-2-4-14(12)19/h2-7,10,21H,8-9H2,1H3,(H2,20,22). The van der Waals surface area contributed by atoms with Crippen LogP contribution in [0.5, 0.6) is 5.75 Å². The molecular weight excluding hydrogens is 317 g/mol. The Morgan fingerprint density at radius 1 is 1.30 bits per heavy atom. The van der Waals surface area contributed by atoms with Gasteiger partial charge in [0.15, 0.2) is 6.10 Å². The number of fused-ring (bicyclic) bond motifs is 1. The quantitative estimate of drug-likeness (QED) is 0.899. The Kier molecular flexibility index (Phi) is 4.50. The fourth-order valence-electron chi connectivity index (χ4n) is 2.37. The second-order valence-corrected chi connectivity index (χ2v) is 5.81. The van der Waals surface area contributed by atoms with Crippen LogP contribution in [0.25, 0.3) is 0 Å². The Labute approximate surface area is 139 Å². The summed E-state index contributed by atoms with van der Waals surface area (Å²) in [7, 11) is 0. The molecule has 23 heavy (non-hydrogen) atoms. The summed E-state index contributed by atoms with van der Waals surface area (Å²) >= 11 is 6.01. The van der Waals surface area contributed by atoms with Crippen LogP contribution >= 0.6 is 11.6 Å². The minimum absolute atomic E-state index is 0.213. The molecule has 1 unspecified atom stereocenters. The van der Waals surface area contributed by atoms with E-state index < -0.39 is 0 Å². The molecule has 0 radical (unpaired) electrons. The van der Waals surface area contributed by atoms with Crippen LogP contribution in [0.15, 0.2) is 41.4 Å². The number of ether oxygens (including phenoxy) is 1. The Balaban J connectivity index is 1.68. The summed E-state index contributed by atoms with van der Waals surface area (Å²) in [6.45, 7) is 2.76. The molecule has 0 saturated heterocycles. The van der Waals surface area contributed by atoms with Crippen molar-refractivity contribution in [3.8, 4) is 5.75 Å². The Morgan fingerprint density at radius 3 is 2.91 bits per heavy atom. The van der Waals surface area contributed by atoms with E-state index in [9.17, 15) is 4.39 Å². The highest BCUT2D eigenvalue weighted by atomic mass is 35.5. The minimum Gasteiger partial charge on any atom is -0.481 e. The van der Waals surface area contributed by atoms with Crippen molar-refractivity contribution < 1.29 is 9.13 Å². The molecule has 3 N–H and O–H groups in total. The zero-order valence-corrected chi connectivity index (χ0v) is 13.4. The molecule has 2 aromatic carbocycles. The summed E-state index contributed by atoms with van der Waals surface area (Å²) < 4.78 is 19.4. The molecular formula is C17H17ClFN3O. The van der Waals surface area contributed by atoms with Gasteiger partial charge in [-0.15, -0.1) is 0 Å².